The number of fused-ring (bicyclic) bond motifs is 1. The number of aliphatic hydroxyl groups is 1. The summed E-state index contributed by atoms with van der Waals surface area (Å²) in [5, 5.41) is 20.3. The van der Waals surface area contributed by atoms with Crippen LogP contribution in [0.2, 0.25) is 0 Å². The SMILES string of the molecule is CC(F)Oc1ccc(C(O)Nc2cc3cc(-c4cnn(C5CCN(C)CC5)c4)ccc3cn2)cc1. The Hall–Kier alpha value is -3.49. The molecule has 1 aliphatic rings. The van der Waals surface area contributed by atoms with Gasteiger partial charge in [-0.25, -0.2) is 9.37 Å². The fourth-order valence-corrected chi connectivity index (χ4v) is 4.49. The van der Waals surface area contributed by atoms with Gasteiger partial charge in [0.05, 0.1) is 12.2 Å². The van der Waals surface area contributed by atoms with Crippen molar-refractivity contribution in [3.8, 4) is 16.9 Å². The summed E-state index contributed by atoms with van der Waals surface area (Å²) in [6, 6.07) is 15.3. The molecule has 2 N–H and O–H groups in total. The summed E-state index contributed by atoms with van der Waals surface area (Å²) < 4.78 is 20.1. The molecule has 0 saturated carbocycles. The van der Waals surface area contributed by atoms with Crippen molar-refractivity contribution in [3.05, 3.63) is 72.7 Å². The van der Waals surface area contributed by atoms with Gasteiger partial charge >= 0.3 is 0 Å². The lowest BCUT2D eigenvalue weighted by atomic mass is 10.0. The zero-order valence-corrected chi connectivity index (χ0v) is 19.9. The molecule has 7 nitrogen and oxygen atoms in total. The Kier molecular flexibility index (Phi) is 6.66. The number of nitrogens with one attached hydrogen (secondary N) is 1. The van der Waals surface area contributed by atoms with Crippen molar-refractivity contribution in [3.63, 3.8) is 0 Å². The Morgan fingerprint density at radius 2 is 1.80 bits per heavy atom. The summed E-state index contributed by atoms with van der Waals surface area (Å²) in [4.78, 5) is 6.80. The molecule has 0 aliphatic carbocycles. The predicted octanol–water partition coefficient (Wildman–Crippen LogP) is 5.16. The summed E-state index contributed by atoms with van der Waals surface area (Å²) in [6.07, 6.45) is 5.73. The molecule has 182 valence electrons. The molecule has 2 aromatic heterocycles. The number of hydrogen-bond donors (Lipinski definition) is 2. The smallest absolute Gasteiger partial charge is 0.235 e. The van der Waals surface area contributed by atoms with E-state index in [9.17, 15) is 9.50 Å². The average molecular weight is 476 g/mol. The minimum absolute atomic E-state index is 0.409. The van der Waals surface area contributed by atoms with Crippen LogP contribution in [0.1, 0.15) is 37.6 Å². The van der Waals surface area contributed by atoms with E-state index in [2.05, 4.69) is 56.4 Å². The second kappa shape index (κ2) is 10.0. The number of rotatable bonds is 7. The van der Waals surface area contributed by atoms with E-state index in [0.717, 1.165) is 47.8 Å². The summed E-state index contributed by atoms with van der Waals surface area (Å²) in [5.41, 5.74) is 2.80. The third-order valence-electron chi connectivity index (χ3n) is 6.50. The first-order valence-electron chi connectivity index (χ1n) is 11.9. The van der Waals surface area contributed by atoms with Crippen LogP contribution in [0, 0.1) is 0 Å². The van der Waals surface area contributed by atoms with Crippen LogP contribution in [0.3, 0.4) is 0 Å². The van der Waals surface area contributed by atoms with Crippen molar-refractivity contribution in [1.29, 1.82) is 0 Å². The number of piperidine rings is 1. The predicted molar refractivity (Wildman–Crippen MR) is 135 cm³/mol. The fourth-order valence-electron chi connectivity index (χ4n) is 4.49. The van der Waals surface area contributed by atoms with Gasteiger partial charge in [0.15, 0.2) is 6.23 Å². The van der Waals surface area contributed by atoms with E-state index in [4.69, 9.17) is 4.74 Å². The Morgan fingerprint density at radius 1 is 1.03 bits per heavy atom. The van der Waals surface area contributed by atoms with Gasteiger partial charge in [-0.05, 0) is 68.2 Å². The average Bonchev–Trinajstić information content (AvgIpc) is 3.34. The Balaban J connectivity index is 1.31. The van der Waals surface area contributed by atoms with Gasteiger partial charge in [-0.3, -0.25) is 4.68 Å². The number of likely N-dealkylation sites (tertiary alicyclic amines) is 1. The molecule has 1 aliphatic heterocycles. The molecule has 0 radical (unpaired) electrons. The molecule has 3 heterocycles. The Labute approximate surface area is 204 Å². The van der Waals surface area contributed by atoms with Crippen LogP contribution in [0.25, 0.3) is 21.9 Å². The molecule has 2 aromatic carbocycles. The Bertz CT molecular complexity index is 1280. The summed E-state index contributed by atoms with van der Waals surface area (Å²) >= 11 is 0. The first kappa shape index (κ1) is 23.3. The fraction of sp³-hybridized carbons (Fsp3) is 0.333. The lowest BCUT2D eigenvalue weighted by Crippen LogP contribution is -2.31. The minimum atomic E-state index is -1.39. The number of nitrogens with zero attached hydrogens (tertiary/aromatic N) is 4. The van der Waals surface area contributed by atoms with Crippen LogP contribution >= 0.6 is 0 Å². The van der Waals surface area contributed by atoms with E-state index in [1.807, 2.05) is 12.3 Å². The van der Waals surface area contributed by atoms with Crippen LogP contribution in [0.5, 0.6) is 5.75 Å². The van der Waals surface area contributed by atoms with E-state index < -0.39 is 12.6 Å². The van der Waals surface area contributed by atoms with E-state index in [-0.39, 0.29) is 0 Å². The highest BCUT2D eigenvalue weighted by molar-refractivity contribution is 5.88. The first-order chi connectivity index (χ1) is 16.9. The molecule has 8 heteroatoms. The number of benzene rings is 2. The number of halogens is 1. The van der Waals surface area contributed by atoms with Crippen molar-refractivity contribution in [2.24, 2.45) is 0 Å². The topological polar surface area (TPSA) is 75.4 Å². The van der Waals surface area contributed by atoms with Crippen molar-refractivity contribution in [1.82, 2.24) is 19.7 Å². The Morgan fingerprint density at radius 3 is 2.54 bits per heavy atom. The lowest BCUT2D eigenvalue weighted by molar-refractivity contribution is 0.0860. The molecule has 35 heavy (non-hydrogen) atoms. The molecule has 2 atom stereocenters. The molecule has 1 fully saturated rings. The van der Waals surface area contributed by atoms with E-state index in [1.165, 1.54) is 6.92 Å². The first-order valence-corrected chi connectivity index (χ1v) is 11.9. The zero-order chi connectivity index (χ0) is 24.4. The number of anilines is 1. The molecule has 0 amide bonds. The molecular weight excluding hydrogens is 445 g/mol. The third-order valence-corrected chi connectivity index (χ3v) is 6.50. The largest absolute Gasteiger partial charge is 0.461 e. The van der Waals surface area contributed by atoms with E-state index in [0.29, 0.717) is 23.2 Å². The van der Waals surface area contributed by atoms with E-state index >= 15 is 0 Å². The van der Waals surface area contributed by atoms with Crippen LogP contribution in [-0.2, 0) is 0 Å². The van der Waals surface area contributed by atoms with Gasteiger partial charge < -0.3 is 20.1 Å². The van der Waals surface area contributed by atoms with Crippen LogP contribution in [-0.4, -0.2) is 51.3 Å². The van der Waals surface area contributed by atoms with E-state index in [1.54, 1.807) is 30.5 Å². The maximum absolute atomic E-state index is 13.0. The van der Waals surface area contributed by atoms with Crippen LogP contribution in [0.15, 0.2) is 67.1 Å². The molecule has 1 saturated heterocycles. The van der Waals surface area contributed by atoms with Crippen molar-refractivity contribution in [2.45, 2.75) is 38.4 Å². The monoisotopic (exact) mass is 475 g/mol. The number of aliphatic hydroxyl groups excluding tert-OH is 1. The van der Waals surface area contributed by atoms with Gasteiger partial charge in [0.1, 0.15) is 11.6 Å². The molecule has 0 bridgehead atoms. The van der Waals surface area contributed by atoms with Gasteiger partial charge in [0.2, 0.25) is 6.36 Å². The number of alkyl halides is 1. The van der Waals surface area contributed by atoms with Gasteiger partial charge in [0, 0.05) is 35.8 Å². The summed E-state index contributed by atoms with van der Waals surface area (Å²) in [7, 11) is 2.16. The summed E-state index contributed by atoms with van der Waals surface area (Å²) in [5.74, 6) is 0.966. The molecule has 4 aromatic rings. The molecule has 2 unspecified atom stereocenters. The lowest BCUT2D eigenvalue weighted by Gasteiger charge is -2.28. The van der Waals surface area contributed by atoms with Gasteiger partial charge in [-0.15, -0.1) is 0 Å². The van der Waals surface area contributed by atoms with Crippen molar-refractivity contribution < 1.29 is 14.2 Å². The van der Waals surface area contributed by atoms with Crippen LogP contribution in [0.4, 0.5) is 10.2 Å². The second-order valence-corrected chi connectivity index (χ2v) is 9.15. The number of hydrogen-bond acceptors (Lipinski definition) is 6. The minimum Gasteiger partial charge on any atom is -0.461 e. The van der Waals surface area contributed by atoms with Gasteiger partial charge in [0.25, 0.3) is 0 Å². The summed E-state index contributed by atoms with van der Waals surface area (Å²) in [6.45, 7) is 3.52. The highest BCUT2D eigenvalue weighted by Crippen LogP contribution is 2.29. The van der Waals surface area contributed by atoms with Gasteiger partial charge in [-0.2, -0.15) is 5.10 Å². The van der Waals surface area contributed by atoms with Crippen LogP contribution < -0.4 is 10.1 Å². The highest BCUT2D eigenvalue weighted by atomic mass is 19.1. The number of aromatic nitrogens is 3. The normalized spacial score (nSPS) is 16.8. The van der Waals surface area contributed by atoms with Crippen molar-refractivity contribution in [2.75, 3.05) is 25.5 Å². The standard InChI is InChI=1S/C27H30FN5O2/c1-18(28)35-25-7-5-19(6-8-25)27(34)31-26-14-22-13-20(3-4-21(22)15-29-26)23-16-30-33(17-23)24-9-11-32(2)12-10-24/h3-8,13-18,24,27,34H,9-12H2,1-2H3,(H,29,31). The highest BCUT2D eigenvalue weighted by Gasteiger charge is 2.19. The molecular formula is C27H30FN5O2. The third kappa shape index (κ3) is 5.44. The molecule has 5 rings (SSSR count). The number of ether oxygens (including phenoxy) is 1. The second-order valence-electron chi connectivity index (χ2n) is 9.15. The maximum atomic E-state index is 13.0. The quantitative estimate of drug-likeness (QED) is 0.360. The number of pyridine rings is 1. The maximum Gasteiger partial charge on any atom is 0.235 e. The van der Waals surface area contributed by atoms with Gasteiger partial charge in [-0.1, -0.05) is 24.3 Å². The molecule has 0 spiro atoms. The van der Waals surface area contributed by atoms with Crippen molar-refractivity contribution >= 4 is 16.6 Å². The zero-order valence-electron chi connectivity index (χ0n) is 19.9.